The van der Waals surface area contributed by atoms with Gasteiger partial charge in [0.15, 0.2) is 0 Å². The first-order valence-corrected chi connectivity index (χ1v) is 4.73. The van der Waals surface area contributed by atoms with Gasteiger partial charge in [0.2, 0.25) is 0 Å². The van der Waals surface area contributed by atoms with Gasteiger partial charge in [-0.15, -0.1) is 0 Å². The maximum absolute atomic E-state index is 10.8. The van der Waals surface area contributed by atoms with Crippen LogP contribution in [0.5, 0.6) is 11.5 Å². The molecule has 1 aromatic carbocycles. The van der Waals surface area contributed by atoms with Crippen LogP contribution in [-0.2, 0) is 11.2 Å². The molecule has 1 N–H and O–H groups in total. The Kier molecular flexibility index (Phi) is 2.49. The normalized spacial score (nSPS) is 18.9. The Morgan fingerprint density at radius 2 is 2.40 bits per heavy atom. The van der Waals surface area contributed by atoms with Crippen LogP contribution in [0.2, 0.25) is 0 Å². The number of carboxylic acids is 1. The van der Waals surface area contributed by atoms with Crippen molar-refractivity contribution in [2.45, 2.75) is 6.42 Å². The van der Waals surface area contributed by atoms with Gasteiger partial charge in [-0.2, -0.15) is 0 Å². The molecule has 80 valence electrons. The monoisotopic (exact) mass is 208 g/mol. The van der Waals surface area contributed by atoms with Crippen molar-refractivity contribution in [2.24, 2.45) is 5.92 Å². The lowest BCUT2D eigenvalue weighted by Crippen LogP contribution is -2.27. The molecule has 1 atom stereocenters. The van der Waals surface area contributed by atoms with Crippen LogP contribution in [0.3, 0.4) is 0 Å². The summed E-state index contributed by atoms with van der Waals surface area (Å²) in [5.41, 5.74) is 0.896. The third kappa shape index (κ3) is 1.88. The fourth-order valence-electron chi connectivity index (χ4n) is 1.66. The molecular weight excluding hydrogens is 196 g/mol. The molecule has 0 spiro atoms. The predicted molar refractivity (Wildman–Crippen MR) is 53.3 cm³/mol. The van der Waals surface area contributed by atoms with Crippen LogP contribution >= 0.6 is 0 Å². The van der Waals surface area contributed by atoms with Crippen LogP contribution in [0.4, 0.5) is 0 Å². The molecule has 0 unspecified atom stereocenters. The topological polar surface area (TPSA) is 55.8 Å². The Balaban J connectivity index is 2.27. The molecule has 0 bridgehead atoms. The summed E-state index contributed by atoms with van der Waals surface area (Å²) in [7, 11) is 1.58. The van der Waals surface area contributed by atoms with Crippen molar-refractivity contribution in [3.8, 4) is 11.5 Å². The summed E-state index contributed by atoms with van der Waals surface area (Å²) >= 11 is 0. The highest BCUT2D eigenvalue weighted by molar-refractivity contribution is 5.71. The van der Waals surface area contributed by atoms with Gasteiger partial charge in [-0.3, -0.25) is 4.79 Å². The first-order chi connectivity index (χ1) is 7.20. The van der Waals surface area contributed by atoms with Crippen LogP contribution in [0.25, 0.3) is 0 Å². The number of hydrogen-bond donors (Lipinski definition) is 1. The second-order valence-electron chi connectivity index (χ2n) is 3.52. The fourth-order valence-corrected chi connectivity index (χ4v) is 1.66. The molecule has 4 nitrogen and oxygen atoms in total. The van der Waals surface area contributed by atoms with Crippen molar-refractivity contribution in [2.75, 3.05) is 13.7 Å². The van der Waals surface area contributed by atoms with E-state index in [1.165, 1.54) is 0 Å². The van der Waals surface area contributed by atoms with E-state index in [4.69, 9.17) is 14.6 Å². The van der Waals surface area contributed by atoms with E-state index < -0.39 is 11.9 Å². The van der Waals surface area contributed by atoms with Crippen molar-refractivity contribution < 1.29 is 19.4 Å². The van der Waals surface area contributed by atoms with Gasteiger partial charge < -0.3 is 14.6 Å². The van der Waals surface area contributed by atoms with Crippen molar-refractivity contribution in [3.63, 3.8) is 0 Å². The van der Waals surface area contributed by atoms with Gasteiger partial charge in [0, 0.05) is 0 Å². The lowest BCUT2D eigenvalue weighted by Gasteiger charge is -2.22. The number of ether oxygens (including phenoxy) is 2. The zero-order valence-electron chi connectivity index (χ0n) is 8.40. The van der Waals surface area contributed by atoms with Crippen LogP contribution < -0.4 is 9.47 Å². The van der Waals surface area contributed by atoms with E-state index in [2.05, 4.69) is 0 Å². The fraction of sp³-hybridized carbons (Fsp3) is 0.364. The van der Waals surface area contributed by atoms with Gasteiger partial charge in [-0.1, -0.05) is 0 Å². The van der Waals surface area contributed by atoms with E-state index in [1.54, 1.807) is 13.2 Å². The van der Waals surface area contributed by atoms with Crippen molar-refractivity contribution >= 4 is 5.97 Å². The number of fused-ring (bicyclic) bond motifs is 1. The highest BCUT2D eigenvalue weighted by Crippen LogP contribution is 2.30. The highest BCUT2D eigenvalue weighted by atomic mass is 16.5. The molecule has 1 aliphatic rings. The first-order valence-electron chi connectivity index (χ1n) is 4.73. The summed E-state index contributed by atoms with van der Waals surface area (Å²) in [5, 5.41) is 8.88. The summed E-state index contributed by atoms with van der Waals surface area (Å²) in [4.78, 5) is 10.8. The molecule has 0 aliphatic carbocycles. The Morgan fingerprint density at radius 3 is 3.07 bits per heavy atom. The maximum atomic E-state index is 10.8. The smallest absolute Gasteiger partial charge is 0.310 e. The summed E-state index contributed by atoms with van der Waals surface area (Å²) < 4.78 is 10.4. The first kappa shape index (κ1) is 9.83. The number of carbonyl (C=O) groups is 1. The Bertz CT molecular complexity index is 386. The van der Waals surface area contributed by atoms with E-state index >= 15 is 0 Å². The molecule has 0 aromatic heterocycles. The lowest BCUT2D eigenvalue weighted by atomic mass is 9.97. The Labute approximate surface area is 87.4 Å². The summed E-state index contributed by atoms with van der Waals surface area (Å²) in [6.45, 7) is 0.245. The largest absolute Gasteiger partial charge is 0.497 e. The third-order valence-corrected chi connectivity index (χ3v) is 2.52. The van der Waals surface area contributed by atoms with Crippen molar-refractivity contribution in [3.05, 3.63) is 23.8 Å². The second kappa shape index (κ2) is 3.81. The minimum absolute atomic E-state index is 0.245. The van der Waals surface area contributed by atoms with Crippen molar-refractivity contribution in [1.29, 1.82) is 0 Å². The van der Waals surface area contributed by atoms with Gasteiger partial charge in [-0.05, 0) is 30.2 Å². The molecule has 0 saturated heterocycles. The van der Waals surface area contributed by atoms with Gasteiger partial charge in [0.1, 0.15) is 18.1 Å². The lowest BCUT2D eigenvalue weighted by molar-refractivity contribution is -0.143. The number of hydrogen-bond acceptors (Lipinski definition) is 3. The number of rotatable bonds is 2. The summed E-state index contributed by atoms with van der Waals surface area (Å²) in [5.74, 6) is 0.213. The van der Waals surface area contributed by atoms with E-state index in [0.717, 1.165) is 17.1 Å². The highest BCUT2D eigenvalue weighted by Gasteiger charge is 2.25. The van der Waals surface area contributed by atoms with E-state index in [0.29, 0.717) is 6.42 Å². The van der Waals surface area contributed by atoms with Gasteiger partial charge in [0.05, 0.1) is 13.0 Å². The van der Waals surface area contributed by atoms with Crippen LogP contribution in [0, 0.1) is 5.92 Å². The summed E-state index contributed by atoms with van der Waals surface area (Å²) in [6.07, 6.45) is 0.502. The van der Waals surface area contributed by atoms with Crippen LogP contribution in [0.1, 0.15) is 5.56 Å². The van der Waals surface area contributed by atoms with Crippen LogP contribution in [-0.4, -0.2) is 24.8 Å². The SMILES string of the molecule is COc1ccc2c(c1)C[C@@H](C(=O)O)CO2. The molecular formula is C11H12O4. The number of carboxylic acid groups (broad SMARTS) is 1. The average Bonchev–Trinajstić information content (AvgIpc) is 2.27. The standard InChI is InChI=1S/C11H12O4/c1-14-9-2-3-10-7(5-9)4-8(6-15-10)11(12)13/h2-3,5,8H,4,6H2,1H3,(H,12,13)/t8-/m1/s1. The van der Waals surface area contributed by atoms with Gasteiger partial charge in [-0.25, -0.2) is 0 Å². The van der Waals surface area contributed by atoms with Crippen LogP contribution in [0.15, 0.2) is 18.2 Å². The second-order valence-corrected chi connectivity index (χ2v) is 3.52. The zero-order valence-corrected chi connectivity index (χ0v) is 8.40. The number of aliphatic carboxylic acids is 1. The molecule has 0 fully saturated rings. The molecule has 4 heteroatoms. The molecule has 2 rings (SSSR count). The minimum atomic E-state index is -0.816. The third-order valence-electron chi connectivity index (χ3n) is 2.52. The number of benzene rings is 1. The van der Waals surface area contributed by atoms with Gasteiger partial charge in [0.25, 0.3) is 0 Å². The predicted octanol–water partition coefficient (Wildman–Crippen LogP) is 1.33. The number of methoxy groups -OCH3 is 1. The molecule has 0 radical (unpaired) electrons. The van der Waals surface area contributed by atoms with E-state index in [-0.39, 0.29) is 6.61 Å². The molecule has 0 amide bonds. The molecule has 1 aromatic rings. The Hall–Kier alpha value is -1.71. The molecule has 1 aliphatic heterocycles. The zero-order chi connectivity index (χ0) is 10.8. The summed E-state index contributed by atoms with van der Waals surface area (Å²) in [6, 6.07) is 5.44. The maximum Gasteiger partial charge on any atom is 0.310 e. The molecule has 15 heavy (non-hydrogen) atoms. The molecule has 1 heterocycles. The van der Waals surface area contributed by atoms with E-state index in [9.17, 15) is 4.79 Å². The van der Waals surface area contributed by atoms with Crippen molar-refractivity contribution in [1.82, 2.24) is 0 Å². The minimum Gasteiger partial charge on any atom is -0.497 e. The molecule has 0 saturated carbocycles. The Morgan fingerprint density at radius 1 is 1.60 bits per heavy atom. The average molecular weight is 208 g/mol. The van der Waals surface area contributed by atoms with E-state index in [1.807, 2.05) is 12.1 Å². The van der Waals surface area contributed by atoms with Gasteiger partial charge >= 0.3 is 5.97 Å². The quantitative estimate of drug-likeness (QED) is 0.796.